The number of nitrogens with two attached hydrogens (primary N) is 1. The van der Waals surface area contributed by atoms with Gasteiger partial charge in [-0.15, -0.1) is 0 Å². The second kappa shape index (κ2) is 4.65. The third kappa shape index (κ3) is 2.42. The first-order chi connectivity index (χ1) is 8.18. The minimum Gasteiger partial charge on any atom is -0.397 e. The van der Waals surface area contributed by atoms with E-state index in [1.807, 2.05) is 25.1 Å². The Kier molecular flexibility index (Phi) is 3.05. The number of rotatable bonds is 0. The topological polar surface area (TPSA) is 71.8 Å². The van der Waals surface area contributed by atoms with Crippen molar-refractivity contribution < 1.29 is 0 Å². The molecule has 1 heterocycles. The molecule has 0 atom stereocenters. The minimum atomic E-state index is -0.166. The molecule has 0 fully saturated rings. The Morgan fingerprint density at radius 1 is 1.18 bits per heavy atom. The maximum atomic E-state index is 11.9. The van der Waals surface area contributed by atoms with Crippen LogP contribution >= 0.6 is 0 Å². The fourth-order valence-electron chi connectivity index (χ4n) is 1.57. The van der Waals surface area contributed by atoms with E-state index in [0.29, 0.717) is 11.1 Å². The minimum absolute atomic E-state index is 0.166. The van der Waals surface area contributed by atoms with Crippen molar-refractivity contribution in [3.63, 3.8) is 0 Å². The van der Waals surface area contributed by atoms with E-state index in [2.05, 4.69) is 9.97 Å². The summed E-state index contributed by atoms with van der Waals surface area (Å²) in [5.41, 5.74) is 6.75. The lowest BCUT2D eigenvalue weighted by molar-refractivity contribution is 1.23. The lowest BCUT2D eigenvalue weighted by Gasteiger charge is -1.95. The summed E-state index contributed by atoms with van der Waals surface area (Å²) in [4.78, 5) is 18.8. The van der Waals surface area contributed by atoms with Crippen LogP contribution in [0.15, 0.2) is 47.5 Å². The Bertz CT molecular complexity index is 660. The Labute approximate surface area is 98.5 Å². The van der Waals surface area contributed by atoms with E-state index in [1.54, 1.807) is 18.3 Å². The largest absolute Gasteiger partial charge is 0.397 e. The van der Waals surface area contributed by atoms with Crippen LogP contribution in [0.25, 0.3) is 10.8 Å². The molecule has 0 unspecified atom stereocenters. The van der Waals surface area contributed by atoms with Gasteiger partial charge in [0.2, 0.25) is 0 Å². The van der Waals surface area contributed by atoms with E-state index in [0.717, 1.165) is 11.1 Å². The fraction of sp³-hybridized carbons (Fsp3) is 0.0769. The molecule has 4 nitrogen and oxygen atoms in total. The van der Waals surface area contributed by atoms with Gasteiger partial charge in [0.1, 0.15) is 0 Å². The standard InChI is InChI=1S/C13H13N3O/c1-9-11-4-2-3-5-12(11)13(17)15-7-6-10(14)8-16-9/h2-8H,14H2,1H3,(H,15,17). The van der Waals surface area contributed by atoms with Gasteiger partial charge in [0.15, 0.2) is 0 Å². The molecule has 0 saturated carbocycles. The smallest absolute Gasteiger partial charge is 0.255 e. The van der Waals surface area contributed by atoms with Gasteiger partial charge in [-0.1, -0.05) is 18.2 Å². The van der Waals surface area contributed by atoms with Gasteiger partial charge in [-0.2, -0.15) is 0 Å². The van der Waals surface area contributed by atoms with Crippen LogP contribution in [0.5, 0.6) is 0 Å². The van der Waals surface area contributed by atoms with Crippen molar-refractivity contribution in [1.29, 1.82) is 0 Å². The number of fused-ring (bicyclic) bond motifs is 1. The number of anilines is 1. The summed E-state index contributed by atoms with van der Waals surface area (Å²) in [6.07, 6.45) is 3.08. The molecule has 0 bridgehead atoms. The molecule has 1 aromatic heterocycles. The number of hydrogen-bond donors (Lipinski definition) is 2. The average molecular weight is 227 g/mol. The van der Waals surface area contributed by atoms with Crippen LogP contribution in [-0.2, 0) is 0 Å². The number of H-pyrrole nitrogens is 1. The first-order valence-corrected chi connectivity index (χ1v) is 5.25. The van der Waals surface area contributed by atoms with Crippen LogP contribution in [0, 0.1) is 6.92 Å². The molecule has 3 N–H and O–H groups in total. The van der Waals surface area contributed by atoms with Crippen molar-refractivity contribution in [2.45, 2.75) is 6.92 Å². The van der Waals surface area contributed by atoms with E-state index in [9.17, 15) is 4.79 Å². The Balaban J connectivity index is 3.00. The van der Waals surface area contributed by atoms with Crippen LogP contribution in [0.1, 0.15) is 5.69 Å². The molecule has 0 aliphatic rings. The van der Waals surface area contributed by atoms with Crippen molar-refractivity contribution in [3.8, 4) is 0 Å². The van der Waals surface area contributed by atoms with Crippen molar-refractivity contribution in [2.75, 3.05) is 5.73 Å². The molecule has 0 saturated heterocycles. The summed E-state index contributed by atoms with van der Waals surface area (Å²) >= 11 is 0. The summed E-state index contributed by atoms with van der Waals surface area (Å²) < 4.78 is 0. The van der Waals surface area contributed by atoms with Crippen LogP contribution in [0.3, 0.4) is 0 Å². The molecule has 0 aliphatic carbocycles. The van der Waals surface area contributed by atoms with E-state index in [1.165, 1.54) is 6.20 Å². The van der Waals surface area contributed by atoms with Crippen molar-refractivity contribution in [3.05, 3.63) is 58.8 Å². The molecule has 0 spiro atoms. The number of aromatic amines is 1. The zero-order chi connectivity index (χ0) is 12.3. The van der Waals surface area contributed by atoms with Gasteiger partial charge in [0.25, 0.3) is 5.56 Å². The molecule has 4 heteroatoms. The number of nitrogens with zero attached hydrogens (tertiary/aromatic N) is 1. The Morgan fingerprint density at radius 3 is 2.65 bits per heavy atom. The van der Waals surface area contributed by atoms with Crippen LogP contribution in [0.4, 0.5) is 5.69 Å². The summed E-state index contributed by atoms with van der Waals surface area (Å²) in [5.74, 6) is 0. The summed E-state index contributed by atoms with van der Waals surface area (Å²) in [6.45, 7) is 1.85. The number of nitrogen functional groups attached to an aromatic ring is 1. The second-order valence-corrected chi connectivity index (χ2v) is 3.70. The molecular formula is C13H13N3O. The number of benzene rings is 1. The predicted octanol–water partition coefficient (Wildman–Crippen LogP) is 1.94. The molecule has 86 valence electrons. The van der Waals surface area contributed by atoms with E-state index in [4.69, 9.17) is 5.73 Å². The predicted molar refractivity (Wildman–Crippen MR) is 69.1 cm³/mol. The monoisotopic (exact) mass is 227 g/mol. The lowest BCUT2D eigenvalue weighted by Crippen LogP contribution is -2.02. The molecule has 0 amide bonds. The lowest BCUT2D eigenvalue weighted by atomic mass is 10.1. The zero-order valence-corrected chi connectivity index (χ0v) is 9.47. The van der Waals surface area contributed by atoms with Gasteiger partial charge in [-0.05, 0) is 19.1 Å². The highest BCUT2D eigenvalue weighted by atomic mass is 16.1. The van der Waals surface area contributed by atoms with Crippen molar-refractivity contribution in [1.82, 2.24) is 9.97 Å². The molecule has 17 heavy (non-hydrogen) atoms. The third-order valence-electron chi connectivity index (χ3n) is 2.46. The summed E-state index contributed by atoms with van der Waals surface area (Å²) in [5, 5.41) is 1.41. The van der Waals surface area contributed by atoms with E-state index in [-0.39, 0.29) is 5.56 Å². The molecule has 2 rings (SSSR count). The maximum absolute atomic E-state index is 11.9. The first kappa shape index (κ1) is 11.1. The fourth-order valence-corrected chi connectivity index (χ4v) is 1.57. The Hall–Kier alpha value is -2.36. The summed E-state index contributed by atoms with van der Waals surface area (Å²) in [7, 11) is 0. The molecule has 0 radical (unpaired) electrons. The number of hydrogen-bond acceptors (Lipinski definition) is 3. The number of aryl methyl sites for hydroxylation is 1. The van der Waals surface area contributed by atoms with Gasteiger partial charge < -0.3 is 10.7 Å². The highest BCUT2D eigenvalue weighted by Crippen LogP contribution is 2.09. The quantitative estimate of drug-likeness (QED) is 0.722. The van der Waals surface area contributed by atoms with Crippen molar-refractivity contribution in [2.24, 2.45) is 0 Å². The van der Waals surface area contributed by atoms with Gasteiger partial charge in [0.05, 0.1) is 11.9 Å². The number of nitrogens with one attached hydrogen (secondary N) is 1. The van der Waals surface area contributed by atoms with Gasteiger partial charge in [0, 0.05) is 22.7 Å². The summed E-state index contributed by atoms with van der Waals surface area (Å²) in [6, 6.07) is 8.93. The maximum Gasteiger partial charge on any atom is 0.255 e. The van der Waals surface area contributed by atoms with Gasteiger partial charge in [-0.3, -0.25) is 9.78 Å². The SMILES string of the molecule is Cc1ncc(N)cc[nH]c(=O)c2ccccc12. The highest BCUT2D eigenvalue weighted by Gasteiger charge is 1.96. The van der Waals surface area contributed by atoms with E-state index < -0.39 is 0 Å². The zero-order valence-electron chi connectivity index (χ0n) is 9.47. The Morgan fingerprint density at radius 2 is 1.88 bits per heavy atom. The molecule has 0 aliphatic heterocycles. The third-order valence-corrected chi connectivity index (χ3v) is 2.46. The molecular weight excluding hydrogens is 214 g/mol. The number of aromatic nitrogens is 2. The van der Waals surface area contributed by atoms with Crippen LogP contribution in [0.2, 0.25) is 0 Å². The van der Waals surface area contributed by atoms with Crippen LogP contribution in [-0.4, -0.2) is 9.97 Å². The second-order valence-electron chi connectivity index (χ2n) is 3.70. The van der Waals surface area contributed by atoms with Crippen molar-refractivity contribution >= 4 is 16.5 Å². The molecule has 1 aromatic carbocycles. The first-order valence-electron chi connectivity index (χ1n) is 5.25. The normalized spacial score (nSPS) is 9.94. The van der Waals surface area contributed by atoms with E-state index >= 15 is 0 Å². The highest BCUT2D eigenvalue weighted by molar-refractivity contribution is 5.82. The van der Waals surface area contributed by atoms with Crippen LogP contribution < -0.4 is 11.3 Å². The average Bonchev–Trinajstić information content (AvgIpc) is 2.35. The van der Waals surface area contributed by atoms with Gasteiger partial charge >= 0.3 is 0 Å². The van der Waals surface area contributed by atoms with Gasteiger partial charge in [-0.25, -0.2) is 0 Å². The molecule has 2 aromatic rings.